The van der Waals surface area contributed by atoms with Gasteiger partial charge >= 0.3 is 6.09 Å². The third-order valence-corrected chi connectivity index (χ3v) is 2.88. The lowest BCUT2D eigenvalue weighted by molar-refractivity contribution is -0.118. The van der Waals surface area contributed by atoms with Crippen molar-refractivity contribution >= 4 is 35.2 Å². The first-order valence-electron chi connectivity index (χ1n) is 3.63. The average Bonchev–Trinajstić information content (AvgIpc) is 2.11. The van der Waals surface area contributed by atoms with Crippen LogP contribution in [0.3, 0.4) is 0 Å². The molecule has 2 N–H and O–H groups in total. The zero-order chi connectivity index (χ0) is 10.4. The zero-order valence-electron chi connectivity index (χ0n) is 7.41. The molecule has 76 valence electrons. The maximum atomic E-state index is 11.2. The summed E-state index contributed by atoms with van der Waals surface area (Å²) < 4.78 is 0. The highest BCUT2D eigenvalue weighted by Crippen LogP contribution is 2.11. The van der Waals surface area contributed by atoms with Crippen LogP contribution in [-0.2, 0) is 4.79 Å². The largest absolute Gasteiger partial charge is 0.465 e. The molecule has 0 heterocycles. The zero-order valence-corrected chi connectivity index (χ0v) is 8.98. The Hall–Kier alpha value is -0.420. The Morgan fingerprint density at radius 1 is 1.62 bits per heavy atom. The molecule has 2 unspecified atom stereocenters. The van der Waals surface area contributed by atoms with Gasteiger partial charge in [-0.25, -0.2) is 4.79 Å². The summed E-state index contributed by atoms with van der Waals surface area (Å²) in [6.07, 6.45) is 0.604. The summed E-state index contributed by atoms with van der Waals surface area (Å²) in [6, 6.07) is -0.718. The molecule has 4 nitrogen and oxygen atoms in total. The first-order valence-corrected chi connectivity index (χ1v) is 5.46. The number of ketones is 1. The van der Waals surface area contributed by atoms with Gasteiger partial charge in [0, 0.05) is 5.25 Å². The molecular formula is C7H12ClNO3S. The molecular weight excluding hydrogens is 214 g/mol. The summed E-state index contributed by atoms with van der Waals surface area (Å²) in [5, 5.41) is 10.5. The second-order valence-corrected chi connectivity index (χ2v) is 3.95. The Bertz CT molecular complexity index is 200. The van der Waals surface area contributed by atoms with Gasteiger partial charge in [0.15, 0.2) is 5.78 Å². The van der Waals surface area contributed by atoms with Crippen molar-refractivity contribution < 1.29 is 14.7 Å². The first kappa shape index (κ1) is 12.6. The standard InChI is InChI=1S/C7H12ClNO3S/c1-4(13-2)6(5(10)3-8)9-7(11)12/h4,6,9H,3H2,1-2H3,(H,11,12). The molecule has 0 rings (SSSR count). The van der Waals surface area contributed by atoms with E-state index in [0.29, 0.717) is 0 Å². The fourth-order valence-corrected chi connectivity index (χ4v) is 1.47. The Labute approximate surface area is 86.0 Å². The van der Waals surface area contributed by atoms with Gasteiger partial charge in [-0.1, -0.05) is 6.92 Å². The second-order valence-electron chi connectivity index (χ2n) is 2.47. The molecule has 0 aromatic heterocycles. The minimum Gasteiger partial charge on any atom is -0.465 e. The number of carbonyl (C=O) groups excluding carboxylic acids is 1. The predicted octanol–water partition coefficient (Wildman–Crippen LogP) is 1.18. The number of hydrogen-bond donors (Lipinski definition) is 2. The van der Waals surface area contributed by atoms with Crippen LogP contribution in [0.25, 0.3) is 0 Å². The van der Waals surface area contributed by atoms with E-state index in [0.717, 1.165) is 0 Å². The van der Waals surface area contributed by atoms with Gasteiger partial charge < -0.3 is 10.4 Å². The fourth-order valence-electron chi connectivity index (χ4n) is 0.812. The van der Waals surface area contributed by atoms with Gasteiger partial charge in [0.05, 0.1) is 5.88 Å². The highest BCUT2D eigenvalue weighted by molar-refractivity contribution is 7.99. The smallest absolute Gasteiger partial charge is 0.405 e. The van der Waals surface area contributed by atoms with E-state index in [4.69, 9.17) is 16.7 Å². The van der Waals surface area contributed by atoms with Gasteiger partial charge in [0.2, 0.25) is 0 Å². The summed E-state index contributed by atoms with van der Waals surface area (Å²) >= 11 is 6.75. The lowest BCUT2D eigenvalue weighted by Gasteiger charge is -2.19. The van der Waals surface area contributed by atoms with Crippen molar-refractivity contribution in [1.29, 1.82) is 0 Å². The Balaban J connectivity index is 4.35. The van der Waals surface area contributed by atoms with Gasteiger partial charge in [-0.2, -0.15) is 11.8 Å². The lowest BCUT2D eigenvalue weighted by atomic mass is 10.1. The monoisotopic (exact) mass is 225 g/mol. The molecule has 0 spiro atoms. The van der Waals surface area contributed by atoms with Crippen LogP contribution in [0.4, 0.5) is 4.79 Å². The molecule has 0 bridgehead atoms. The van der Waals surface area contributed by atoms with Gasteiger partial charge in [0.25, 0.3) is 0 Å². The van der Waals surface area contributed by atoms with E-state index in [1.165, 1.54) is 11.8 Å². The maximum Gasteiger partial charge on any atom is 0.405 e. The van der Waals surface area contributed by atoms with E-state index in [2.05, 4.69) is 5.32 Å². The first-order chi connectivity index (χ1) is 6.02. The van der Waals surface area contributed by atoms with Crippen molar-refractivity contribution in [3.63, 3.8) is 0 Å². The number of amides is 1. The van der Waals surface area contributed by atoms with Gasteiger partial charge in [-0.05, 0) is 6.26 Å². The van der Waals surface area contributed by atoms with E-state index < -0.39 is 12.1 Å². The van der Waals surface area contributed by atoms with Crippen molar-refractivity contribution in [2.75, 3.05) is 12.1 Å². The molecule has 0 radical (unpaired) electrons. The van der Waals surface area contributed by atoms with Crippen LogP contribution in [-0.4, -0.2) is 40.4 Å². The van der Waals surface area contributed by atoms with Crippen LogP contribution >= 0.6 is 23.4 Å². The number of Topliss-reactive ketones (excluding diaryl/α,β-unsaturated/α-hetero) is 1. The molecule has 0 fully saturated rings. The van der Waals surface area contributed by atoms with Crippen LogP contribution < -0.4 is 5.32 Å². The summed E-state index contributed by atoms with van der Waals surface area (Å²) in [7, 11) is 0. The quantitative estimate of drug-likeness (QED) is 0.690. The number of rotatable bonds is 5. The normalized spacial score (nSPS) is 14.7. The van der Waals surface area contributed by atoms with Crippen molar-refractivity contribution in [2.24, 2.45) is 0 Å². The molecule has 2 atom stereocenters. The maximum absolute atomic E-state index is 11.2. The van der Waals surface area contributed by atoms with Gasteiger partial charge in [0.1, 0.15) is 6.04 Å². The fraction of sp³-hybridized carbons (Fsp3) is 0.714. The SMILES string of the molecule is CSC(C)C(NC(=O)O)C(=O)CCl. The highest BCUT2D eigenvalue weighted by atomic mass is 35.5. The second kappa shape index (κ2) is 6.10. The number of hydrogen-bond acceptors (Lipinski definition) is 3. The van der Waals surface area contributed by atoms with Crippen LogP contribution in [0.1, 0.15) is 6.92 Å². The number of alkyl halides is 1. The third-order valence-electron chi connectivity index (χ3n) is 1.60. The molecule has 0 saturated carbocycles. The van der Waals surface area contributed by atoms with Crippen LogP contribution in [0, 0.1) is 0 Å². The van der Waals surface area contributed by atoms with E-state index in [9.17, 15) is 9.59 Å². The van der Waals surface area contributed by atoms with Crippen molar-refractivity contribution in [1.82, 2.24) is 5.32 Å². The molecule has 13 heavy (non-hydrogen) atoms. The molecule has 1 amide bonds. The van der Waals surface area contributed by atoms with Gasteiger partial charge in [-0.15, -0.1) is 11.6 Å². The average molecular weight is 226 g/mol. The minimum absolute atomic E-state index is 0.109. The Kier molecular flexibility index (Phi) is 5.90. The number of halogens is 1. The van der Waals surface area contributed by atoms with Crippen molar-refractivity contribution in [3.05, 3.63) is 0 Å². The number of carboxylic acid groups (broad SMARTS) is 1. The van der Waals surface area contributed by atoms with Crippen LogP contribution in [0.5, 0.6) is 0 Å². The molecule has 0 saturated heterocycles. The molecule has 0 aromatic rings. The van der Waals surface area contributed by atoms with Crippen LogP contribution in [0.2, 0.25) is 0 Å². The summed E-state index contributed by atoms with van der Waals surface area (Å²) in [5.74, 6) is -0.471. The van der Waals surface area contributed by atoms with Crippen molar-refractivity contribution in [3.8, 4) is 0 Å². The molecule has 0 aliphatic carbocycles. The summed E-state index contributed by atoms with van der Waals surface area (Å²) in [6.45, 7) is 1.77. The number of thioether (sulfide) groups is 1. The predicted molar refractivity (Wildman–Crippen MR) is 53.7 cm³/mol. The lowest BCUT2D eigenvalue weighted by Crippen LogP contribution is -2.46. The summed E-state index contributed by atoms with van der Waals surface area (Å²) in [5.41, 5.74) is 0. The number of nitrogens with one attached hydrogen (secondary N) is 1. The summed E-state index contributed by atoms with van der Waals surface area (Å²) in [4.78, 5) is 21.5. The van der Waals surface area contributed by atoms with Crippen LogP contribution in [0.15, 0.2) is 0 Å². The topological polar surface area (TPSA) is 66.4 Å². The molecule has 0 aliphatic rings. The van der Waals surface area contributed by atoms with E-state index in [-0.39, 0.29) is 16.9 Å². The van der Waals surface area contributed by atoms with Crippen molar-refractivity contribution in [2.45, 2.75) is 18.2 Å². The van der Waals surface area contributed by atoms with Gasteiger partial charge in [-0.3, -0.25) is 4.79 Å². The Morgan fingerprint density at radius 3 is 2.46 bits per heavy atom. The highest BCUT2D eigenvalue weighted by Gasteiger charge is 2.25. The molecule has 0 aliphatic heterocycles. The van der Waals surface area contributed by atoms with E-state index in [1.54, 1.807) is 6.92 Å². The Morgan fingerprint density at radius 2 is 2.15 bits per heavy atom. The third kappa shape index (κ3) is 4.38. The van der Waals surface area contributed by atoms with E-state index in [1.807, 2.05) is 6.26 Å². The number of carbonyl (C=O) groups is 2. The molecule has 6 heteroatoms. The molecule has 0 aromatic carbocycles. The minimum atomic E-state index is -1.20. The van der Waals surface area contributed by atoms with E-state index >= 15 is 0 Å².